The molecule has 0 aliphatic carbocycles. The molecule has 0 bridgehead atoms. The highest BCUT2D eigenvalue weighted by Crippen LogP contribution is 2.25. The number of anilines is 2. The van der Waals surface area contributed by atoms with Gasteiger partial charge in [-0.2, -0.15) is 4.98 Å². The predicted molar refractivity (Wildman–Crippen MR) is 117 cm³/mol. The Morgan fingerprint density at radius 2 is 1.84 bits per heavy atom. The van der Waals surface area contributed by atoms with Crippen LogP contribution in [0.1, 0.15) is 19.4 Å². The minimum absolute atomic E-state index is 0.0129. The number of carboxylic acids is 1. The maximum atomic E-state index is 11.8. The fourth-order valence-electron chi connectivity index (χ4n) is 2.75. The number of amides is 1. The Hall–Kier alpha value is -3.96. The molecule has 12 heteroatoms. The number of hydrogen-bond donors (Lipinski definition) is 2. The molecule has 0 saturated carbocycles. The quantitative estimate of drug-likeness (QED) is 0.411. The van der Waals surface area contributed by atoms with Crippen molar-refractivity contribution >= 4 is 29.5 Å². The van der Waals surface area contributed by atoms with Gasteiger partial charge in [-0.25, -0.2) is 14.6 Å². The van der Waals surface area contributed by atoms with Crippen LogP contribution in [0.3, 0.4) is 0 Å². The van der Waals surface area contributed by atoms with Crippen LogP contribution in [0.4, 0.5) is 22.2 Å². The minimum Gasteiger partial charge on any atom is -0.480 e. The average molecular weight is 446 g/mol. The van der Waals surface area contributed by atoms with E-state index in [1.54, 1.807) is 43.3 Å². The zero-order valence-electron chi connectivity index (χ0n) is 18.3. The van der Waals surface area contributed by atoms with Gasteiger partial charge in [0.1, 0.15) is 18.0 Å². The molecule has 1 aromatic carbocycles. The van der Waals surface area contributed by atoms with Crippen LogP contribution in [0, 0.1) is 10.1 Å². The van der Waals surface area contributed by atoms with Crippen molar-refractivity contribution in [2.24, 2.45) is 0 Å². The van der Waals surface area contributed by atoms with Gasteiger partial charge in [-0.1, -0.05) is 12.1 Å². The number of ether oxygens (including phenoxy) is 1. The third kappa shape index (κ3) is 6.27. The first-order valence-corrected chi connectivity index (χ1v) is 9.90. The molecule has 1 atom stereocenters. The highest BCUT2D eigenvalue weighted by atomic mass is 16.6. The Labute approximate surface area is 185 Å². The highest BCUT2D eigenvalue weighted by molar-refractivity contribution is 5.78. The number of rotatable bonds is 10. The van der Waals surface area contributed by atoms with Crippen LogP contribution in [0.5, 0.6) is 5.75 Å². The summed E-state index contributed by atoms with van der Waals surface area (Å²) >= 11 is 0. The standard InChI is InChI=1S/C20H26N6O6/c1-5-25(6-2)19-21-12-16(26(30)31)17(23-19)22-15(18(27)28)11-13-7-9-14(10-8-13)32-20(29)24(3)4/h7-10,12,15H,5-6,11H2,1-4H3,(H,27,28)(H,21,22,23). The lowest BCUT2D eigenvalue weighted by Crippen LogP contribution is -2.33. The van der Waals surface area contributed by atoms with Gasteiger partial charge < -0.3 is 25.0 Å². The van der Waals surface area contributed by atoms with Gasteiger partial charge >= 0.3 is 17.7 Å². The van der Waals surface area contributed by atoms with Crippen LogP contribution < -0.4 is 15.0 Å². The molecule has 0 fully saturated rings. The van der Waals surface area contributed by atoms with E-state index in [9.17, 15) is 24.8 Å². The average Bonchev–Trinajstić information content (AvgIpc) is 2.75. The summed E-state index contributed by atoms with van der Waals surface area (Å²) in [6, 6.07) is 5.13. The molecule has 1 aromatic heterocycles. The van der Waals surface area contributed by atoms with Crippen LogP contribution in [-0.4, -0.2) is 70.2 Å². The molecule has 0 aliphatic rings. The van der Waals surface area contributed by atoms with Crippen molar-refractivity contribution in [1.82, 2.24) is 14.9 Å². The normalized spacial score (nSPS) is 11.4. The second kappa shape index (κ2) is 10.9. The van der Waals surface area contributed by atoms with Crippen LogP contribution >= 0.6 is 0 Å². The largest absolute Gasteiger partial charge is 0.480 e. The molecule has 32 heavy (non-hydrogen) atoms. The molecule has 0 aliphatic heterocycles. The van der Waals surface area contributed by atoms with E-state index in [4.69, 9.17) is 4.74 Å². The number of aromatic nitrogens is 2. The fourth-order valence-corrected chi connectivity index (χ4v) is 2.75. The van der Waals surface area contributed by atoms with Gasteiger partial charge in [0.05, 0.1) is 4.92 Å². The lowest BCUT2D eigenvalue weighted by atomic mass is 10.1. The van der Waals surface area contributed by atoms with E-state index >= 15 is 0 Å². The predicted octanol–water partition coefficient (Wildman–Crippen LogP) is 2.40. The van der Waals surface area contributed by atoms with Crippen molar-refractivity contribution in [3.63, 3.8) is 0 Å². The van der Waals surface area contributed by atoms with Crippen molar-refractivity contribution in [1.29, 1.82) is 0 Å². The monoisotopic (exact) mass is 446 g/mol. The number of carbonyl (C=O) groups excluding carboxylic acids is 1. The number of nitrogens with one attached hydrogen (secondary N) is 1. The summed E-state index contributed by atoms with van der Waals surface area (Å²) < 4.78 is 5.14. The molecule has 2 aromatic rings. The molecular weight excluding hydrogens is 420 g/mol. The Kier molecular flexibility index (Phi) is 8.27. The number of nitrogens with zero attached hydrogens (tertiary/aromatic N) is 5. The summed E-state index contributed by atoms with van der Waals surface area (Å²) in [5.41, 5.74) is 0.202. The van der Waals surface area contributed by atoms with Crippen molar-refractivity contribution in [2.75, 3.05) is 37.4 Å². The first kappa shape index (κ1) is 24.3. The molecule has 12 nitrogen and oxygen atoms in total. The van der Waals surface area contributed by atoms with E-state index in [0.717, 1.165) is 6.20 Å². The van der Waals surface area contributed by atoms with E-state index in [-0.39, 0.29) is 18.2 Å². The van der Waals surface area contributed by atoms with E-state index in [0.29, 0.717) is 24.4 Å². The van der Waals surface area contributed by atoms with Gasteiger partial charge in [0.15, 0.2) is 0 Å². The van der Waals surface area contributed by atoms with E-state index in [2.05, 4.69) is 15.3 Å². The first-order valence-electron chi connectivity index (χ1n) is 9.90. The number of hydrogen-bond acceptors (Lipinski definition) is 9. The zero-order valence-corrected chi connectivity index (χ0v) is 18.3. The van der Waals surface area contributed by atoms with E-state index in [1.165, 1.54) is 4.90 Å². The SMILES string of the molecule is CCN(CC)c1ncc([N+](=O)[O-])c(NC(Cc2ccc(OC(=O)N(C)C)cc2)C(=O)O)n1. The first-order chi connectivity index (χ1) is 15.2. The number of carbonyl (C=O) groups is 2. The molecule has 1 amide bonds. The Balaban J connectivity index is 2.25. The summed E-state index contributed by atoms with van der Waals surface area (Å²) in [6.45, 7) is 4.95. The van der Waals surface area contributed by atoms with Gasteiger partial charge in [0.25, 0.3) is 0 Å². The third-order valence-electron chi connectivity index (χ3n) is 4.54. The lowest BCUT2D eigenvalue weighted by Gasteiger charge is -2.20. The number of nitro groups is 1. The van der Waals surface area contributed by atoms with Crippen LogP contribution in [-0.2, 0) is 11.2 Å². The maximum Gasteiger partial charge on any atom is 0.414 e. The molecule has 0 spiro atoms. The zero-order chi connectivity index (χ0) is 23.8. The van der Waals surface area contributed by atoms with Crippen molar-refractivity contribution in [3.05, 3.63) is 46.1 Å². The molecule has 2 N–H and O–H groups in total. The molecule has 0 radical (unpaired) electrons. The minimum atomic E-state index is -1.20. The van der Waals surface area contributed by atoms with Gasteiger partial charge in [-0.3, -0.25) is 10.1 Å². The van der Waals surface area contributed by atoms with Crippen molar-refractivity contribution in [3.8, 4) is 5.75 Å². The molecular formula is C20H26N6O6. The molecule has 2 rings (SSSR count). The smallest absolute Gasteiger partial charge is 0.414 e. The van der Waals surface area contributed by atoms with Crippen molar-refractivity contribution in [2.45, 2.75) is 26.3 Å². The second-order valence-corrected chi connectivity index (χ2v) is 6.98. The van der Waals surface area contributed by atoms with Gasteiger partial charge in [0, 0.05) is 33.6 Å². The summed E-state index contributed by atoms with van der Waals surface area (Å²) in [7, 11) is 3.11. The van der Waals surface area contributed by atoms with E-state index in [1.807, 2.05) is 13.8 Å². The van der Waals surface area contributed by atoms with Crippen LogP contribution in [0.15, 0.2) is 30.5 Å². The summed E-state index contributed by atoms with van der Waals surface area (Å²) in [6.07, 6.45) is 0.539. The summed E-state index contributed by atoms with van der Waals surface area (Å²) in [5.74, 6) is -0.803. The molecule has 0 saturated heterocycles. The Morgan fingerprint density at radius 1 is 1.22 bits per heavy atom. The van der Waals surface area contributed by atoms with E-state index < -0.39 is 28.7 Å². The lowest BCUT2D eigenvalue weighted by molar-refractivity contribution is -0.384. The second-order valence-electron chi connectivity index (χ2n) is 6.98. The number of carboxylic acid groups (broad SMARTS) is 1. The Bertz CT molecular complexity index is 962. The van der Waals surface area contributed by atoms with Gasteiger partial charge in [-0.05, 0) is 31.5 Å². The van der Waals surface area contributed by atoms with Crippen LogP contribution in [0.2, 0.25) is 0 Å². The van der Waals surface area contributed by atoms with Gasteiger partial charge in [-0.15, -0.1) is 0 Å². The maximum absolute atomic E-state index is 11.8. The van der Waals surface area contributed by atoms with Crippen molar-refractivity contribution < 1.29 is 24.4 Å². The number of aliphatic carboxylic acids is 1. The highest BCUT2D eigenvalue weighted by Gasteiger charge is 2.25. The Morgan fingerprint density at radius 3 is 2.34 bits per heavy atom. The third-order valence-corrected chi connectivity index (χ3v) is 4.54. The summed E-state index contributed by atoms with van der Waals surface area (Å²) in [4.78, 5) is 45.5. The molecule has 1 unspecified atom stereocenters. The summed E-state index contributed by atoms with van der Waals surface area (Å²) in [5, 5.41) is 23.7. The van der Waals surface area contributed by atoms with Crippen LogP contribution in [0.25, 0.3) is 0 Å². The molecule has 172 valence electrons. The fraction of sp³-hybridized carbons (Fsp3) is 0.400. The molecule has 1 heterocycles. The number of benzene rings is 1. The van der Waals surface area contributed by atoms with Gasteiger partial charge in [0.2, 0.25) is 11.8 Å². The topological polar surface area (TPSA) is 151 Å².